The van der Waals surface area contributed by atoms with Gasteiger partial charge in [-0.1, -0.05) is 25.8 Å². The van der Waals surface area contributed by atoms with Gasteiger partial charge >= 0.3 is 5.97 Å². The Morgan fingerprint density at radius 1 is 1.37 bits per heavy atom. The fourth-order valence-electron chi connectivity index (χ4n) is 2.53. The SMILES string of the molecule is CCCCC(Sc1ccc2c(c1)CCC2)C(=O)OC. The first-order chi connectivity index (χ1) is 9.24. The minimum absolute atomic E-state index is 0.0654. The van der Waals surface area contributed by atoms with Gasteiger partial charge in [0.1, 0.15) is 5.25 Å². The first-order valence-electron chi connectivity index (χ1n) is 7.11. The van der Waals surface area contributed by atoms with E-state index >= 15 is 0 Å². The lowest BCUT2D eigenvalue weighted by atomic mass is 10.1. The van der Waals surface area contributed by atoms with Crippen LogP contribution in [0, 0.1) is 0 Å². The molecule has 1 aliphatic carbocycles. The van der Waals surface area contributed by atoms with Crippen molar-refractivity contribution in [3.8, 4) is 0 Å². The van der Waals surface area contributed by atoms with Gasteiger partial charge in [0.2, 0.25) is 0 Å². The third-order valence-electron chi connectivity index (χ3n) is 3.63. The molecular weight excluding hydrogens is 256 g/mol. The van der Waals surface area contributed by atoms with E-state index in [1.54, 1.807) is 11.8 Å². The summed E-state index contributed by atoms with van der Waals surface area (Å²) in [6, 6.07) is 6.63. The Kier molecular flexibility index (Phi) is 5.32. The van der Waals surface area contributed by atoms with Gasteiger partial charge in [0.05, 0.1) is 7.11 Å². The monoisotopic (exact) mass is 278 g/mol. The summed E-state index contributed by atoms with van der Waals surface area (Å²) in [7, 11) is 1.48. The zero-order valence-electron chi connectivity index (χ0n) is 11.8. The van der Waals surface area contributed by atoms with Crippen LogP contribution in [0.2, 0.25) is 0 Å². The van der Waals surface area contributed by atoms with E-state index in [1.807, 2.05) is 0 Å². The van der Waals surface area contributed by atoms with Crippen molar-refractivity contribution >= 4 is 17.7 Å². The van der Waals surface area contributed by atoms with Crippen molar-refractivity contribution in [3.05, 3.63) is 29.3 Å². The summed E-state index contributed by atoms with van der Waals surface area (Å²) < 4.78 is 4.91. The second-order valence-electron chi connectivity index (χ2n) is 5.06. The molecular formula is C16H22O2S. The molecule has 0 spiro atoms. The summed E-state index contributed by atoms with van der Waals surface area (Å²) in [5.41, 5.74) is 2.94. The maximum absolute atomic E-state index is 11.8. The molecule has 19 heavy (non-hydrogen) atoms. The van der Waals surface area contributed by atoms with Crippen molar-refractivity contribution in [1.82, 2.24) is 0 Å². The standard InChI is InChI=1S/C16H22O2S/c1-3-4-8-15(16(17)18-2)19-14-10-9-12-6-5-7-13(12)11-14/h9-11,15H,3-8H2,1-2H3. The van der Waals surface area contributed by atoms with Gasteiger partial charge < -0.3 is 4.74 Å². The minimum atomic E-state index is -0.0982. The molecule has 0 saturated heterocycles. The number of rotatable bonds is 6. The molecule has 3 heteroatoms. The number of benzene rings is 1. The topological polar surface area (TPSA) is 26.3 Å². The predicted molar refractivity (Wildman–Crippen MR) is 79.7 cm³/mol. The Labute approximate surface area is 119 Å². The Morgan fingerprint density at radius 2 is 2.16 bits per heavy atom. The van der Waals surface area contributed by atoms with Gasteiger partial charge in [-0.25, -0.2) is 0 Å². The Hall–Kier alpha value is -0.960. The number of esters is 1. The molecule has 0 N–H and O–H groups in total. The zero-order chi connectivity index (χ0) is 13.7. The molecule has 0 aromatic heterocycles. The summed E-state index contributed by atoms with van der Waals surface area (Å²) in [6.45, 7) is 2.15. The highest BCUT2D eigenvalue weighted by molar-refractivity contribution is 8.00. The van der Waals surface area contributed by atoms with Gasteiger partial charge in [0, 0.05) is 4.90 Å². The Bertz CT molecular complexity index is 442. The van der Waals surface area contributed by atoms with Gasteiger partial charge in [-0.2, -0.15) is 0 Å². The molecule has 0 aliphatic heterocycles. The van der Waals surface area contributed by atoms with E-state index in [0.29, 0.717) is 0 Å². The summed E-state index contributed by atoms with van der Waals surface area (Å²) in [5, 5.41) is -0.0654. The number of methoxy groups -OCH3 is 1. The normalized spacial score (nSPS) is 15.1. The number of carbonyl (C=O) groups is 1. The van der Waals surface area contributed by atoms with E-state index in [9.17, 15) is 4.79 Å². The van der Waals surface area contributed by atoms with E-state index in [0.717, 1.165) is 19.3 Å². The van der Waals surface area contributed by atoms with Crippen molar-refractivity contribution in [1.29, 1.82) is 0 Å². The lowest BCUT2D eigenvalue weighted by Gasteiger charge is -2.14. The number of hydrogen-bond donors (Lipinski definition) is 0. The van der Waals surface area contributed by atoms with E-state index in [2.05, 4.69) is 25.1 Å². The molecule has 0 saturated carbocycles. The summed E-state index contributed by atoms with van der Waals surface area (Å²) in [4.78, 5) is 13.0. The smallest absolute Gasteiger partial charge is 0.319 e. The lowest BCUT2D eigenvalue weighted by molar-refractivity contribution is -0.140. The van der Waals surface area contributed by atoms with Crippen LogP contribution in [0.1, 0.15) is 43.7 Å². The Balaban J connectivity index is 2.05. The number of aryl methyl sites for hydroxylation is 2. The van der Waals surface area contributed by atoms with E-state index in [1.165, 1.54) is 42.4 Å². The number of unbranched alkanes of at least 4 members (excludes halogenated alkanes) is 1. The van der Waals surface area contributed by atoms with Crippen molar-refractivity contribution in [2.75, 3.05) is 7.11 Å². The number of ether oxygens (including phenoxy) is 1. The molecule has 0 heterocycles. The molecule has 0 fully saturated rings. The highest BCUT2D eigenvalue weighted by Crippen LogP contribution is 2.31. The van der Waals surface area contributed by atoms with Crippen molar-refractivity contribution in [2.45, 2.75) is 55.6 Å². The Morgan fingerprint density at radius 3 is 2.89 bits per heavy atom. The van der Waals surface area contributed by atoms with Crippen LogP contribution in [0.3, 0.4) is 0 Å². The molecule has 2 nitrogen and oxygen atoms in total. The number of hydrogen-bond acceptors (Lipinski definition) is 3. The van der Waals surface area contributed by atoms with E-state index in [4.69, 9.17) is 4.74 Å². The zero-order valence-corrected chi connectivity index (χ0v) is 12.6. The van der Waals surface area contributed by atoms with Crippen molar-refractivity contribution in [3.63, 3.8) is 0 Å². The van der Waals surface area contributed by atoms with E-state index in [-0.39, 0.29) is 11.2 Å². The van der Waals surface area contributed by atoms with Gasteiger partial charge in [-0.3, -0.25) is 4.79 Å². The van der Waals surface area contributed by atoms with Crippen LogP contribution in [0.5, 0.6) is 0 Å². The summed E-state index contributed by atoms with van der Waals surface area (Å²) >= 11 is 1.65. The number of thioether (sulfide) groups is 1. The van der Waals surface area contributed by atoms with Crippen LogP contribution in [0.4, 0.5) is 0 Å². The molecule has 1 unspecified atom stereocenters. The summed E-state index contributed by atoms with van der Waals surface area (Å²) in [5.74, 6) is -0.0982. The predicted octanol–water partition coefficient (Wildman–Crippen LogP) is 4.00. The van der Waals surface area contributed by atoms with Gasteiger partial charge in [-0.15, -0.1) is 11.8 Å². The molecule has 1 aromatic carbocycles. The van der Waals surface area contributed by atoms with Crippen LogP contribution in [0.15, 0.2) is 23.1 Å². The molecule has 104 valence electrons. The second kappa shape index (κ2) is 6.99. The quantitative estimate of drug-likeness (QED) is 0.581. The molecule has 0 amide bonds. The lowest BCUT2D eigenvalue weighted by Crippen LogP contribution is -2.18. The van der Waals surface area contributed by atoms with Crippen LogP contribution in [-0.2, 0) is 22.4 Å². The highest BCUT2D eigenvalue weighted by atomic mass is 32.2. The molecule has 0 radical (unpaired) electrons. The van der Waals surface area contributed by atoms with Crippen LogP contribution < -0.4 is 0 Å². The minimum Gasteiger partial charge on any atom is -0.468 e. The van der Waals surface area contributed by atoms with Crippen LogP contribution in [0.25, 0.3) is 0 Å². The maximum atomic E-state index is 11.8. The second-order valence-corrected chi connectivity index (χ2v) is 6.33. The van der Waals surface area contributed by atoms with Gasteiger partial charge in [0.15, 0.2) is 0 Å². The molecule has 1 aromatic rings. The average Bonchev–Trinajstić information content (AvgIpc) is 2.90. The van der Waals surface area contributed by atoms with Gasteiger partial charge in [-0.05, 0) is 48.9 Å². The molecule has 1 atom stereocenters. The van der Waals surface area contributed by atoms with Crippen molar-refractivity contribution < 1.29 is 9.53 Å². The largest absolute Gasteiger partial charge is 0.468 e. The van der Waals surface area contributed by atoms with Crippen molar-refractivity contribution in [2.24, 2.45) is 0 Å². The number of fused-ring (bicyclic) bond motifs is 1. The third kappa shape index (κ3) is 3.75. The van der Waals surface area contributed by atoms with Gasteiger partial charge in [0.25, 0.3) is 0 Å². The summed E-state index contributed by atoms with van der Waals surface area (Å²) in [6.07, 6.45) is 6.72. The molecule has 1 aliphatic rings. The van der Waals surface area contributed by atoms with Crippen LogP contribution >= 0.6 is 11.8 Å². The molecule has 2 rings (SSSR count). The fourth-order valence-corrected chi connectivity index (χ4v) is 3.69. The number of carbonyl (C=O) groups excluding carboxylic acids is 1. The first-order valence-corrected chi connectivity index (χ1v) is 7.99. The van der Waals surface area contributed by atoms with Crippen LogP contribution in [-0.4, -0.2) is 18.3 Å². The highest BCUT2D eigenvalue weighted by Gasteiger charge is 2.21. The third-order valence-corrected chi connectivity index (χ3v) is 4.87. The maximum Gasteiger partial charge on any atom is 0.319 e. The molecule has 0 bridgehead atoms. The fraction of sp³-hybridized carbons (Fsp3) is 0.562. The first kappa shape index (κ1) is 14.4. The average molecular weight is 278 g/mol. The van der Waals surface area contributed by atoms with E-state index < -0.39 is 0 Å².